The van der Waals surface area contributed by atoms with Gasteiger partial charge in [-0.1, -0.05) is 174 Å². The molecule has 38 heavy (non-hydrogen) atoms. The summed E-state index contributed by atoms with van der Waals surface area (Å²) in [5.74, 6) is 0.0189. The van der Waals surface area contributed by atoms with E-state index in [1.54, 1.807) is 0 Å². The molecule has 1 unspecified atom stereocenters. The van der Waals surface area contributed by atoms with Gasteiger partial charge in [-0.2, -0.15) is 0 Å². The van der Waals surface area contributed by atoms with Crippen molar-refractivity contribution >= 4 is 10.4 Å². The first kappa shape index (κ1) is 41.4. The minimum absolute atomic E-state index is 0. The first-order valence-electron chi connectivity index (χ1n) is 16.3. The zero-order valence-electron chi connectivity index (χ0n) is 25.9. The van der Waals surface area contributed by atoms with E-state index < -0.39 is 10.4 Å². The summed E-state index contributed by atoms with van der Waals surface area (Å²) in [6, 6.07) is 0. The van der Waals surface area contributed by atoms with Gasteiger partial charge in [0.05, 0.1) is 6.61 Å². The van der Waals surface area contributed by atoms with Crippen molar-refractivity contribution in [1.29, 1.82) is 0 Å². The summed E-state index contributed by atoms with van der Waals surface area (Å²) >= 11 is 0. The monoisotopic (exact) mass is 582 g/mol. The van der Waals surface area contributed by atoms with Crippen LogP contribution >= 0.6 is 0 Å². The van der Waals surface area contributed by atoms with Gasteiger partial charge in [0, 0.05) is 5.92 Å². The third-order valence-electron chi connectivity index (χ3n) is 7.49. The molecule has 0 bridgehead atoms. The molecule has 4 nitrogen and oxygen atoms in total. The number of rotatable bonds is 30. The van der Waals surface area contributed by atoms with Gasteiger partial charge in [0.1, 0.15) is 0 Å². The van der Waals surface area contributed by atoms with E-state index in [9.17, 15) is 13.0 Å². The maximum absolute atomic E-state index is 10.8. The molecule has 0 spiro atoms. The van der Waals surface area contributed by atoms with Crippen LogP contribution in [0.2, 0.25) is 0 Å². The molecule has 0 aromatic carbocycles. The summed E-state index contributed by atoms with van der Waals surface area (Å²) in [7, 11) is -4.61. The molecule has 0 aliphatic rings. The smallest absolute Gasteiger partial charge is 0.726 e. The van der Waals surface area contributed by atoms with Gasteiger partial charge in [0.2, 0.25) is 10.4 Å². The van der Waals surface area contributed by atoms with E-state index in [0.717, 1.165) is 25.7 Å². The van der Waals surface area contributed by atoms with Crippen LogP contribution in [0, 0.1) is 5.92 Å². The molecule has 0 radical (unpaired) electrons. The van der Waals surface area contributed by atoms with Gasteiger partial charge in [-0.25, -0.2) is 8.42 Å². The number of hydrogen-bond donors (Lipinski definition) is 0. The molecular formula is C32H63KO4S. The Hall–Kier alpha value is 1.25. The zero-order chi connectivity index (χ0) is 27.3. The van der Waals surface area contributed by atoms with Gasteiger partial charge < -0.3 is 4.55 Å². The third-order valence-corrected chi connectivity index (χ3v) is 7.91. The first-order valence-corrected chi connectivity index (χ1v) is 17.6. The molecule has 0 saturated heterocycles. The van der Waals surface area contributed by atoms with Crippen LogP contribution in [0.15, 0.2) is 12.2 Å². The Morgan fingerprint density at radius 3 is 1.29 bits per heavy atom. The Labute approximate surface area is 281 Å². The average Bonchev–Trinajstić information content (AvgIpc) is 2.87. The normalized spacial score (nSPS) is 12.7. The van der Waals surface area contributed by atoms with Crippen LogP contribution in [-0.4, -0.2) is 19.6 Å². The standard InChI is InChI=1S/C32H64O4S.K/c1-3-5-7-9-11-12-13-14-15-16-17-18-19-20-21-22-23-24-26-28-30-32(31-36-37(33,34)35)29-27-25-10-8-6-4-2;/h28,30,32H,3-27,29,31H2,1-2H3,(H,33,34,35);/q;+1/p-1/b30-28+;. The van der Waals surface area contributed by atoms with Gasteiger partial charge in [-0.15, -0.1) is 0 Å². The molecule has 0 aromatic rings. The molecule has 1 atom stereocenters. The summed E-state index contributed by atoms with van der Waals surface area (Å²) in [5, 5.41) is 0. The fraction of sp³-hybridized carbons (Fsp3) is 0.938. The SMILES string of the molecule is CCCCCCCCCCCCCCCCCCCC/C=C/C(CCCCCCCC)COS(=O)(=O)[O-].[K+]. The number of hydrogen-bond acceptors (Lipinski definition) is 4. The first-order chi connectivity index (χ1) is 18.0. The molecule has 0 aliphatic heterocycles. The zero-order valence-corrected chi connectivity index (χ0v) is 29.8. The van der Waals surface area contributed by atoms with Crippen LogP contribution in [0.3, 0.4) is 0 Å². The van der Waals surface area contributed by atoms with E-state index in [0.29, 0.717) is 0 Å². The van der Waals surface area contributed by atoms with Crippen LogP contribution in [0.25, 0.3) is 0 Å². The third kappa shape index (κ3) is 35.3. The van der Waals surface area contributed by atoms with Crippen molar-refractivity contribution in [3.63, 3.8) is 0 Å². The second-order valence-electron chi connectivity index (χ2n) is 11.2. The van der Waals surface area contributed by atoms with Crippen molar-refractivity contribution in [2.45, 2.75) is 181 Å². The Bertz CT molecular complexity index is 580. The Morgan fingerprint density at radius 2 is 0.921 bits per heavy atom. The minimum Gasteiger partial charge on any atom is -0.726 e. The fourth-order valence-corrected chi connectivity index (χ4v) is 5.39. The van der Waals surface area contributed by atoms with Gasteiger partial charge in [-0.3, -0.25) is 4.18 Å². The van der Waals surface area contributed by atoms with E-state index in [-0.39, 0.29) is 63.9 Å². The maximum atomic E-state index is 10.8. The molecule has 0 amide bonds. The van der Waals surface area contributed by atoms with Gasteiger partial charge >= 0.3 is 51.4 Å². The molecule has 6 heteroatoms. The molecule has 0 aliphatic carbocycles. The van der Waals surface area contributed by atoms with Crippen molar-refractivity contribution in [1.82, 2.24) is 0 Å². The molecular weight excluding hydrogens is 520 g/mol. The van der Waals surface area contributed by atoms with Crippen LogP contribution in [-0.2, 0) is 14.6 Å². The van der Waals surface area contributed by atoms with Crippen LogP contribution < -0.4 is 51.4 Å². The number of allylic oxidation sites excluding steroid dienone is 1. The van der Waals surface area contributed by atoms with Gasteiger partial charge in [-0.05, 0) is 19.3 Å². The van der Waals surface area contributed by atoms with E-state index >= 15 is 0 Å². The molecule has 0 saturated carbocycles. The summed E-state index contributed by atoms with van der Waals surface area (Å²) in [6.07, 6.45) is 38.3. The fourth-order valence-electron chi connectivity index (χ4n) is 5.05. The maximum Gasteiger partial charge on any atom is 1.00 e. The molecule has 0 N–H and O–H groups in total. The quantitative estimate of drug-likeness (QED) is 0.0285. The minimum atomic E-state index is -4.61. The molecule has 0 rings (SSSR count). The van der Waals surface area contributed by atoms with E-state index in [1.165, 1.54) is 141 Å². The van der Waals surface area contributed by atoms with Crippen molar-refractivity contribution in [3.8, 4) is 0 Å². The van der Waals surface area contributed by atoms with Gasteiger partial charge in [0.25, 0.3) is 0 Å². The Kier molecular flexibility index (Phi) is 35.7. The summed E-state index contributed by atoms with van der Waals surface area (Å²) in [4.78, 5) is 0. The predicted molar refractivity (Wildman–Crippen MR) is 160 cm³/mol. The molecule has 0 fully saturated rings. The number of unbranched alkanes of at least 4 members (excludes halogenated alkanes) is 23. The molecule has 0 heterocycles. The van der Waals surface area contributed by atoms with Crippen LogP contribution in [0.4, 0.5) is 0 Å². The largest absolute Gasteiger partial charge is 1.00 e. The molecule has 222 valence electrons. The van der Waals surface area contributed by atoms with E-state index in [2.05, 4.69) is 30.2 Å². The summed E-state index contributed by atoms with van der Waals surface area (Å²) in [6.45, 7) is 4.48. The topological polar surface area (TPSA) is 66.4 Å². The van der Waals surface area contributed by atoms with Crippen LogP contribution in [0.5, 0.6) is 0 Å². The summed E-state index contributed by atoms with van der Waals surface area (Å²) in [5.41, 5.74) is 0. The second-order valence-corrected chi connectivity index (χ2v) is 12.3. The predicted octanol–water partition coefficient (Wildman–Crippen LogP) is 7.82. The van der Waals surface area contributed by atoms with Crippen molar-refractivity contribution < 1.29 is 68.5 Å². The Morgan fingerprint density at radius 1 is 0.579 bits per heavy atom. The molecule has 0 aromatic heterocycles. The van der Waals surface area contributed by atoms with Crippen molar-refractivity contribution in [3.05, 3.63) is 12.2 Å². The van der Waals surface area contributed by atoms with E-state index in [4.69, 9.17) is 0 Å². The average molecular weight is 583 g/mol. The second kappa shape index (κ2) is 32.8. The van der Waals surface area contributed by atoms with Gasteiger partial charge in [0.15, 0.2) is 0 Å². The van der Waals surface area contributed by atoms with Crippen LogP contribution in [0.1, 0.15) is 181 Å². The van der Waals surface area contributed by atoms with E-state index in [1.807, 2.05) is 0 Å². The van der Waals surface area contributed by atoms with Crippen molar-refractivity contribution in [2.24, 2.45) is 5.92 Å². The Balaban J connectivity index is 0. The van der Waals surface area contributed by atoms with Crippen molar-refractivity contribution in [2.75, 3.05) is 6.61 Å². The summed E-state index contributed by atoms with van der Waals surface area (Å²) < 4.78 is 37.1.